The number of morpholine rings is 1. The molecule has 0 radical (unpaired) electrons. The summed E-state index contributed by atoms with van der Waals surface area (Å²) in [4.78, 5) is 2.39. The van der Waals surface area contributed by atoms with E-state index in [-0.39, 0.29) is 0 Å². The van der Waals surface area contributed by atoms with Crippen molar-refractivity contribution >= 4 is 0 Å². The largest absolute Gasteiger partial charge is 0.492 e. The van der Waals surface area contributed by atoms with Crippen LogP contribution in [0.1, 0.15) is 19.4 Å². The van der Waals surface area contributed by atoms with E-state index in [1.165, 1.54) is 5.56 Å². The lowest BCUT2D eigenvalue weighted by Gasteiger charge is -2.26. The molecule has 1 aromatic rings. The lowest BCUT2D eigenvalue weighted by molar-refractivity contribution is 0.0322. The maximum Gasteiger partial charge on any atom is 0.119 e. The van der Waals surface area contributed by atoms with E-state index >= 15 is 0 Å². The maximum atomic E-state index is 5.87. The zero-order valence-electron chi connectivity index (χ0n) is 13.3. The van der Waals surface area contributed by atoms with Crippen LogP contribution < -0.4 is 10.1 Å². The molecule has 0 aromatic heterocycles. The summed E-state index contributed by atoms with van der Waals surface area (Å²) in [5.74, 6) is 1.64. The summed E-state index contributed by atoms with van der Waals surface area (Å²) in [6.45, 7) is 11.8. The van der Waals surface area contributed by atoms with Gasteiger partial charge < -0.3 is 14.8 Å². The topological polar surface area (TPSA) is 33.7 Å². The highest BCUT2D eigenvalue weighted by atomic mass is 16.5. The van der Waals surface area contributed by atoms with E-state index < -0.39 is 0 Å². The molecule has 0 atom stereocenters. The fourth-order valence-corrected chi connectivity index (χ4v) is 2.37. The van der Waals surface area contributed by atoms with E-state index in [0.717, 1.165) is 58.3 Å². The molecule has 0 unspecified atom stereocenters. The molecule has 4 heteroatoms. The van der Waals surface area contributed by atoms with Crippen LogP contribution in [0.5, 0.6) is 5.75 Å². The molecule has 1 heterocycles. The summed E-state index contributed by atoms with van der Waals surface area (Å²) in [5, 5.41) is 3.46. The van der Waals surface area contributed by atoms with Crippen molar-refractivity contribution < 1.29 is 9.47 Å². The smallest absolute Gasteiger partial charge is 0.119 e. The number of benzene rings is 1. The van der Waals surface area contributed by atoms with Crippen LogP contribution in [0.2, 0.25) is 0 Å². The average Bonchev–Trinajstić information content (AvgIpc) is 2.48. The molecule has 1 saturated heterocycles. The number of hydrogen-bond acceptors (Lipinski definition) is 4. The fourth-order valence-electron chi connectivity index (χ4n) is 2.37. The monoisotopic (exact) mass is 292 g/mol. The summed E-state index contributed by atoms with van der Waals surface area (Å²) in [5.41, 5.74) is 1.28. The molecule has 21 heavy (non-hydrogen) atoms. The van der Waals surface area contributed by atoms with Crippen molar-refractivity contribution in [3.05, 3.63) is 29.8 Å². The Morgan fingerprint density at radius 1 is 1.29 bits per heavy atom. The van der Waals surface area contributed by atoms with Crippen molar-refractivity contribution in [2.45, 2.75) is 20.4 Å². The third-order valence-corrected chi connectivity index (χ3v) is 3.56. The highest BCUT2D eigenvalue weighted by molar-refractivity contribution is 5.28. The summed E-state index contributed by atoms with van der Waals surface area (Å²) in [6, 6.07) is 8.37. The Morgan fingerprint density at radius 2 is 2.10 bits per heavy atom. The molecule has 0 saturated carbocycles. The van der Waals surface area contributed by atoms with Gasteiger partial charge in [-0.3, -0.25) is 4.90 Å². The van der Waals surface area contributed by atoms with Gasteiger partial charge in [0.2, 0.25) is 0 Å². The van der Waals surface area contributed by atoms with Gasteiger partial charge in [0.15, 0.2) is 0 Å². The van der Waals surface area contributed by atoms with E-state index in [4.69, 9.17) is 9.47 Å². The summed E-state index contributed by atoms with van der Waals surface area (Å²) in [7, 11) is 0. The van der Waals surface area contributed by atoms with E-state index in [0.29, 0.717) is 5.92 Å². The average molecular weight is 292 g/mol. The van der Waals surface area contributed by atoms with Crippen molar-refractivity contribution in [3.63, 3.8) is 0 Å². The van der Waals surface area contributed by atoms with Crippen LogP contribution >= 0.6 is 0 Å². The molecule has 0 bridgehead atoms. The number of hydrogen-bond donors (Lipinski definition) is 1. The molecule has 1 aliphatic heterocycles. The third-order valence-electron chi connectivity index (χ3n) is 3.56. The van der Waals surface area contributed by atoms with Gasteiger partial charge in [-0.1, -0.05) is 26.0 Å². The van der Waals surface area contributed by atoms with E-state index in [1.54, 1.807) is 0 Å². The highest BCUT2D eigenvalue weighted by Gasteiger charge is 2.09. The van der Waals surface area contributed by atoms with Crippen LogP contribution in [-0.2, 0) is 11.3 Å². The van der Waals surface area contributed by atoms with Gasteiger partial charge in [-0.2, -0.15) is 0 Å². The van der Waals surface area contributed by atoms with Gasteiger partial charge in [0.1, 0.15) is 12.4 Å². The second-order valence-electron chi connectivity index (χ2n) is 5.97. The summed E-state index contributed by atoms with van der Waals surface area (Å²) >= 11 is 0. The molecule has 1 fully saturated rings. The van der Waals surface area contributed by atoms with Crippen LogP contribution in [0.3, 0.4) is 0 Å². The molecule has 1 aliphatic rings. The van der Waals surface area contributed by atoms with Gasteiger partial charge in [-0.15, -0.1) is 0 Å². The second-order valence-corrected chi connectivity index (χ2v) is 5.97. The number of rotatable bonds is 8. The van der Waals surface area contributed by atoms with E-state index in [1.807, 2.05) is 6.07 Å². The van der Waals surface area contributed by atoms with Gasteiger partial charge in [-0.05, 0) is 30.2 Å². The molecule has 2 rings (SSSR count). The number of nitrogens with one attached hydrogen (secondary N) is 1. The second kappa shape index (κ2) is 9.03. The first-order valence-corrected chi connectivity index (χ1v) is 7.96. The Bertz CT molecular complexity index is 404. The zero-order valence-corrected chi connectivity index (χ0v) is 13.3. The molecule has 0 aliphatic carbocycles. The Kier molecular flexibility index (Phi) is 7.00. The number of nitrogens with zero attached hydrogens (tertiary/aromatic N) is 1. The quantitative estimate of drug-likeness (QED) is 0.796. The standard InChI is InChI=1S/C17H28N2O2/c1-15(2)13-18-14-16-4-3-5-17(12-16)21-11-8-19-6-9-20-10-7-19/h3-5,12,15,18H,6-11,13-14H2,1-2H3. The predicted octanol–water partition coefficient (Wildman–Crippen LogP) is 2.14. The lowest BCUT2D eigenvalue weighted by Crippen LogP contribution is -2.38. The van der Waals surface area contributed by atoms with E-state index in [2.05, 4.69) is 42.3 Å². The van der Waals surface area contributed by atoms with Crippen molar-refractivity contribution in [3.8, 4) is 5.75 Å². The van der Waals surface area contributed by atoms with Crippen LogP contribution in [-0.4, -0.2) is 50.9 Å². The molecular formula is C17H28N2O2. The Balaban J connectivity index is 1.70. The predicted molar refractivity (Wildman–Crippen MR) is 85.7 cm³/mol. The minimum absolute atomic E-state index is 0.679. The maximum absolute atomic E-state index is 5.87. The normalized spacial score (nSPS) is 16.3. The first-order chi connectivity index (χ1) is 10.2. The molecule has 1 aromatic carbocycles. The minimum Gasteiger partial charge on any atom is -0.492 e. The molecule has 0 amide bonds. The lowest BCUT2D eigenvalue weighted by atomic mass is 10.2. The fraction of sp³-hybridized carbons (Fsp3) is 0.647. The van der Waals surface area contributed by atoms with Crippen molar-refractivity contribution in [2.24, 2.45) is 5.92 Å². The number of ether oxygens (including phenoxy) is 2. The van der Waals surface area contributed by atoms with Gasteiger partial charge in [0.25, 0.3) is 0 Å². The van der Waals surface area contributed by atoms with Crippen LogP contribution in [0.15, 0.2) is 24.3 Å². The molecule has 118 valence electrons. The zero-order chi connectivity index (χ0) is 14.9. The first kappa shape index (κ1) is 16.3. The van der Waals surface area contributed by atoms with E-state index in [9.17, 15) is 0 Å². The van der Waals surface area contributed by atoms with Crippen LogP contribution in [0, 0.1) is 5.92 Å². The molecular weight excluding hydrogens is 264 g/mol. The Morgan fingerprint density at radius 3 is 2.86 bits per heavy atom. The molecule has 4 nitrogen and oxygen atoms in total. The van der Waals surface area contributed by atoms with Crippen molar-refractivity contribution in [1.82, 2.24) is 10.2 Å². The highest BCUT2D eigenvalue weighted by Crippen LogP contribution is 2.13. The minimum atomic E-state index is 0.679. The first-order valence-electron chi connectivity index (χ1n) is 7.96. The Hall–Kier alpha value is -1.10. The van der Waals surface area contributed by atoms with Gasteiger partial charge in [0.05, 0.1) is 13.2 Å². The third kappa shape index (κ3) is 6.46. The van der Waals surface area contributed by atoms with Crippen LogP contribution in [0.4, 0.5) is 0 Å². The van der Waals surface area contributed by atoms with Gasteiger partial charge in [-0.25, -0.2) is 0 Å². The summed E-state index contributed by atoms with van der Waals surface area (Å²) < 4.78 is 11.2. The van der Waals surface area contributed by atoms with Gasteiger partial charge in [0, 0.05) is 26.2 Å². The van der Waals surface area contributed by atoms with Crippen molar-refractivity contribution in [1.29, 1.82) is 0 Å². The SMILES string of the molecule is CC(C)CNCc1cccc(OCCN2CCOCC2)c1. The van der Waals surface area contributed by atoms with Crippen LogP contribution in [0.25, 0.3) is 0 Å². The molecule has 1 N–H and O–H groups in total. The van der Waals surface area contributed by atoms with Crippen molar-refractivity contribution in [2.75, 3.05) is 46.0 Å². The molecule has 0 spiro atoms. The summed E-state index contributed by atoms with van der Waals surface area (Å²) in [6.07, 6.45) is 0. The van der Waals surface area contributed by atoms with Gasteiger partial charge >= 0.3 is 0 Å². The Labute approximate surface area is 128 Å².